The van der Waals surface area contributed by atoms with E-state index in [4.69, 9.17) is 0 Å². The van der Waals surface area contributed by atoms with Crippen LogP contribution < -0.4 is 11.4 Å². The van der Waals surface area contributed by atoms with Gasteiger partial charge in [0, 0.05) is 0 Å². The van der Waals surface area contributed by atoms with E-state index in [0.717, 1.165) is 6.42 Å². The van der Waals surface area contributed by atoms with Crippen molar-refractivity contribution >= 4 is 0 Å². The van der Waals surface area contributed by atoms with E-state index in [1.54, 1.807) is 21.5 Å². The summed E-state index contributed by atoms with van der Waals surface area (Å²) in [7, 11) is 0. The second-order valence-corrected chi connectivity index (χ2v) is 7.05. The third-order valence-corrected chi connectivity index (χ3v) is 5.80. The molecule has 1 saturated carbocycles. The van der Waals surface area contributed by atoms with Crippen LogP contribution in [-0.2, 0) is 0 Å². The molecule has 1 fully saturated rings. The third-order valence-electron chi connectivity index (χ3n) is 5.80. The van der Waals surface area contributed by atoms with Gasteiger partial charge in [0.05, 0.1) is 17.8 Å². The predicted molar refractivity (Wildman–Crippen MR) is 82.3 cm³/mol. The zero-order valence-electron chi connectivity index (χ0n) is 12.6. The Morgan fingerprint density at radius 2 is 1.77 bits per heavy atom. The molecule has 6 rings (SSSR count). The first-order valence-corrected chi connectivity index (χ1v) is 7.74. The molecular weight excluding hydrogens is 278 g/mol. The molecule has 0 unspecified atom stereocenters. The highest BCUT2D eigenvalue weighted by Crippen LogP contribution is 2.70. The summed E-state index contributed by atoms with van der Waals surface area (Å²) in [5, 5.41) is 0. The Balaban J connectivity index is 1.84. The molecule has 2 aliphatic heterocycles. The van der Waals surface area contributed by atoms with Crippen LogP contribution in [0.4, 0.5) is 0 Å². The summed E-state index contributed by atoms with van der Waals surface area (Å²) < 4.78 is 4.70. The second kappa shape index (κ2) is 3.54. The van der Waals surface area contributed by atoms with Gasteiger partial charge in [0.1, 0.15) is 0 Å². The van der Waals surface area contributed by atoms with Gasteiger partial charge in [0.15, 0.2) is 0 Å². The zero-order valence-corrected chi connectivity index (χ0v) is 12.6. The molecule has 1 aromatic heterocycles. The van der Waals surface area contributed by atoms with Gasteiger partial charge in [-0.05, 0) is 36.8 Å². The fourth-order valence-electron chi connectivity index (χ4n) is 4.73. The van der Waals surface area contributed by atoms with E-state index in [1.165, 1.54) is 10.1 Å². The summed E-state index contributed by atoms with van der Waals surface area (Å²) >= 11 is 0. The van der Waals surface area contributed by atoms with Gasteiger partial charge in [-0.15, -0.1) is 0 Å². The van der Waals surface area contributed by atoms with Crippen LogP contribution in [0.3, 0.4) is 0 Å². The first-order chi connectivity index (χ1) is 10.5. The first kappa shape index (κ1) is 12.3. The summed E-state index contributed by atoms with van der Waals surface area (Å²) in [6, 6.07) is 9.24. The van der Waals surface area contributed by atoms with Gasteiger partial charge >= 0.3 is 11.4 Å². The van der Waals surface area contributed by atoms with Crippen LogP contribution >= 0.6 is 0 Å². The van der Waals surface area contributed by atoms with Crippen LogP contribution in [0.2, 0.25) is 0 Å². The highest BCUT2D eigenvalue weighted by molar-refractivity contribution is 5.34. The molecule has 2 aromatic rings. The Hall–Kier alpha value is -2.30. The van der Waals surface area contributed by atoms with Gasteiger partial charge in [-0.25, -0.2) is 23.5 Å². The van der Waals surface area contributed by atoms with Crippen molar-refractivity contribution in [2.45, 2.75) is 32.4 Å². The monoisotopic (exact) mass is 295 g/mol. The number of nitrogens with zero attached hydrogens (tertiary/aromatic N) is 3. The second-order valence-electron chi connectivity index (χ2n) is 7.05. The number of benzene rings is 1. The molecule has 22 heavy (non-hydrogen) atoms. The van der Waals surface area contributed by atoms with E-state index < -0.39 is 0 Å². The number of hydrogen-bond acceptors (Lipinski definition) is 2. The minimum absolute atomic E-state index is 0.0210. The fourth-order valence-corrected chi connectivity index (χ4v) is 4.73. The molecule has 1 aromatic carbocycles. The van der Waals surface area contributed by atoms with E-state index in [-0.39, 0.29) is 28.9 Å². The van der Waals surface area contributed by atoms with Crippen molar-refractivity contribution in [1.82, 2.24) is 13.9 Å². The van der Waals surface area contributed by atoms with Crippen molar-refractivity contribution in [1.29, 1.82) is 0 Å². The van der Waals surface area contributed by atoms with Crippen LogP contribution in [0.25, 0.3) is 5.69 Å². The average molecular weight is 295 g/mol. The van der Waals surface area contributed by atoms with Crippen LogP contribution in [0, 0.1) is 11.3 Å². The molecule has 0 spiro atoms. The lowest BCUT2D eigenvalue weighted by molar-refractivity contribution is 0.168. The van der Waals surface area contributed by atoms with Crippen molar-refractivity contribution in [2.75, 3.05) is 0 Å². The van der Waals surface area contributed by atoms with E-state index in [9.17, 15) is 9.59 Å². The molecule has 4 atom stereocenters. The van der Waals surface area contributed by atoms with Crippen molar-refractivity contribution in [3.63, 3.8) is 0 Å². The molecule has 2 aliphatic carbocycles. The molecule has 112 valence electrons. The maximum Gasteiger partial charge on any atom is 0.352 e. The number of hydrogen-bond donors (Lipinski definition) is 0. The molecular formula is C17H17N3O2. The number of para-hydroxylation sites is 1. The number of rotatable bonds is 1. The van der Waals surface area contributed by atoms with E-state index in [1.807, 2.05) is 18.2 Å². The molecule has 0 saturated heterocycles. The Kier molecular flexibility index (Phi) is 1.97. The van der Waals surface area contributed by atoms with Crippen LogP contribution in [0.1, 0.15) is 32.4 Å². The first-order valence-electron chi connectivity index (χ1n) is 7.74. The van der Waals surface area contributed by atoms with Crippen molar-refractivity contribution in [2.24, 2.45) is 11.3 Å². The SMILES string of the molecule is CC1=C[C@H]2[C@@H]3C[C@]3(C)[C@H]1n1c(=O)n(-c3ccccc3)c(=O)n12. The van der Waals surface area contributed by atoms with Crippen molar-refractivity contribution in [3.05, 3.63) is 62.9 Å². The molecule has 0 N–H and O–H groups in total. The lowest BCUT2D eigenvalue weighted by atomic mass is 9.81. The lowest BCUT2D eigenvalue weighted by Gasteiger charge is -2.40. The van der Waals surface area contributed by atoms with Gasteiger partial charge in [0.25, 0.3) is 0 Å². The van der Waals surface area contributed by atoms with Crippen molar-refractivity contribution < 1.29 is 0 Å². The zero-order chi connectivity index (χ0) is 15.2. The van der Waals surface area contributed by atoms with Gasteiger partial charge in [0.2, 0.25) is 0 Å². The Morgan fingerprint density at radius 1 is 1.09 bits per heavy atom. The lowest BCUT2D eigenvalue weighted by Crippen LogP contribution is -2.45. The average Bonchev–Trinajstić information content (AvgIpc) is 3.15. The van der Waals surface area contributed by atoms with Crippen LogP contribution in [-0.4, -0.2) is 13.9 Å². The summed E-state index contributed by atoms with van der Waals surface area (Å²) in [5.74, 6) is 0.491. The molecule has 4 aliphatic rings. The Bertz CT molecular complexity index is 947. The summed E-state index contributed by atoms with van der Waals surface area (Å²) in [6.07, 6.45) is 3.27. The standard InChI is InChI=1S/C17H17N3O2/c1-10-8-13-12-9-17(12,2)14(10)20-16(22)18(15(21)19(13)20)11-6-4-3-5-7-11/h3-8,12-14H,9H2,1-2H3/t12-,13-,14-,17-/m0/s1. The predicted octanol–water partition coefficient (Wildman–Crippen LogP) is 1.88. The minimum atomic E-state index is -0.219. The summed E-state index contributed by atoms with van der Waals surface area (Å²) in [4.78, 5) is 25.8. The minimum Gasteiger partial charge on any atom is -0.245 e. The molecule has 5 nitrogen and oxygen atoms in total. The smallest absolute Gasteiger partial charge is 0.245 e. The van der Waals surface area contributed by atoms with Gasteiger partial charge in [-0.2, -0.15) is 0 Å². The van der Waals surface area contributed by atoms with Crippen molar-refractivity contribution in [3.8, 4) is 5.69 Å². The molecule has 0 amide bonds. The maximum absolute atomic E-state index is 13.0. The highest BCUT2D eigenvalue weighted by Gasteiger charge is 2.66. The number of aromatic nitrogens is 3. The molecule has 3 heterocycles. The molecule has 5 heteroatoms. The van der Waals surface area contributed by atoms with Crippen LogP contribution in [0.5, 0.6) is 0 Å². The summed E-state index contributed by atoms with van der Waals surface area (Å²) in [5.41, 5.74) is 1.56. The molecule has 0 radical (unpaired) electrons. The quantitative estimate of drug-likeness (QED) is 0.754. The largest absolute Gasteiger partial charge is 0.352 e. The topological polar surface area (TPSA) is 48.9 Å². The van der Waals surface area contributed by atoms with E-state index in [2.05, 4.69) is 19.9 Å². The Morgan fingerprint density at radius 3 is 2.50 bits per heavy atom. The normalized spacial score (nSPS) is 34.1. The Labute approximate surface area is 127 Å². The maximum atomic E-state index is 13.0. The summed E-state index contributed by atoms with van der Waals surface area (Å²) in [6.45, 7) is 4.32. The number of allylic oxidation sites excluding steroid dienone is 2. The van der Waals surface area contributed by atoms with Gasteiger partial charge in [-0.3, -0.25) is 0 Å². The van der Waals surface area contributed by atoms with E-state index in [0.29, 0.717) is 11.6 Å². The highest BCUT2D eigenvalue weighted by atomic mass is 16.2. The fraction of sp³-hybridized carbons (Fsp3) is 0.412. The third kappa shape index (κ3) is 1.18. The molecule has 2 bridgehead atoms. The van der Waals surface area contributed by atoms with Crippen LogP contribution in [0.15, 0.2) is 51.6 Å². The van der Waals surface area contributed by atoms with Gasteiger partial charge in [-0.1, -0.05) is 36.8 Å². The van der Waals surface area contributed by atoms with E-state index >= 15 is 0 Å². The van der Waals surface area contributed by atoms with Gasteiger partial charge < -0.3 is 0 Å².